The van der Waals surface area contributed by atoms with E-state index < -0.39 is 4.92 Å². The van der Waals surface area contributed by atoms with Gasteiger partial charge in [0.15, 0.2) is 0 Å². The molecule has 0 saturated heterocycles. The van der Waals surface area contributed by atoms with Crippen LogP contribution in [0, 0.1) is 10.1 Å². The number of rotatable bonds is 7. The van der Waals surface area contributed by atoms with E-state index in [1.165, 1.54) is 17.4 Å². The number of nitrogens with zero attached hydrogens (tertiary/aromatic N) is 4. The van der Waals surface area contributed by atoms with Crippen LogP contribution in [-0.2, 0) is 6.42 Å². The number of nitro groups is 1. The van der Waals surface area contributed by atoms with E-state index in [2.05, 4.69) is 20.3 Å². The van der Waals surface area contributed by atoms with Gasteiger partial charge in [-0.2, -0.15) is 4.98 Å². The molecule has 0 radical (unpaired) electrons. The van der Waals surface area contributed by atoms with Crippen molar-refractivity contribution < 1.29 is 9.66 Å². The largest absolute Gasteiger partial charge is 0.432 e. The Hall–Kier alpha value is -3.07. The topological polar surface area (TPSA) is 103 Å². The van der Waals surface area contributed by atoms with E-state index in [1.54, 1.807) is 29.7 Å². The van der Waals surface area contributed by atoms with Crippen molar-refractivity contribution >= 4 is 22.8 Å². The Bertz CT molecular complexity index is 811. The molecule has 0 fully saturated rings. The van der Waals surface area contributed by atoms with E-state index in [1.807, 2.05) is 17.5 Å². The van der Waals surface area contributed by atoms with Crippen LogP contribution in [0.1, 0.15) is 4.88 Å². The van der Waals surface area contributed by atoms with Crippen molar-refractivity contribution in [1.29, 1.82) is 0 Å². The normalized spacial score (nSPS) is 10.3. The van der Waals surface area contributed by atoms with Gasteiger partial charge in [-0.25, -0.2) is 4.98 Å². The van der Waals surface area contributed by atoms with Gasteiger partial charge in [-0.3, -0.25) is 15.1 Å². The average molecular weight is 343 g/mol. The predicted octanol–water partition coefficient (Wildman–Crippen LogP) is 3.29. The number of aromatic nitrogens is 3. The number of thiophene rings is 1. The molecule has 0 spiro atoms. The molecule has 3 aromatic heterocycles. The molecule has 9 heteroatoms. The van der Waals surface area contributed by atoms with E-state index in [0.29, 0.717) is 12.3 Å². The van der Waals surface area contributed by atoms with Crippen LogP contribution < -0.4 is 10.1 Å². The molecule has 0 aliphatic heterocycles. The smallest absolute Gasteiger partial charge is 0.373 e. The summed E-state index contributed by atoms with van der Waals surface area (Å²) in [7, 11) is 0. The third kappa shape index (κ3) is 3.82. The molecule has 0 aromatic carbocycles. The van der Waals surface area contributed by atoms with Crippen molar-refractivity contribution in [1.82, 2.24) is 15.0 Å². The molecule has 0 aliphatic rings. The molecule has 8 nitrogen and oxygen atoms in total. The molecule has 3 aromatic rings. The number of pyridine rings is 1. The lowest BCUT2D eigenvalue weighted by atomic mass is 10.3. The number of hydrogen-bond donors (Lipinski definition) is 1. The summed E-state index contributed by atoms with van der Waals surface area (Å²) in [5.41, 5.74) is -0.299. The van der Waals surface area contributed by atoms with Gasteiger partial charge in [0.25, 0.3) is 0 Å². The molecular weight excluding hydrogens is 330 g/mol. The Balaban J connectivity index is 1.78. The fourth-order valence-electron chi connectivity index (χ4n) is 2.01. The Labute approximate surface area is 141 Å². The zero-order valence-electron chi connectivity index (χ0n) is 12.5. The minimum absolute atomic E-state index is 0.123. The van der Waals surface area contributed by atoms with Crippen LogP contribution in [0.2, 0.25) is 0 Å². The molecular formula is C15H13N5O3S. The maximum atomic E-state index is 11.4. The Kier molecular flexibility index (Phi) is 4.92. The van der Waals surface area contributed by atoms with Crippen LogP contribution in [0.3, 0.4) is 0 Å². The summed E-state index contributed by atoms with van der Waals surface area (Å²) in [5.74, 6) is 0.371. The van der Waals surface area contributed by atoms with Gasteiger partial charge in [0.2, 0.25) is 5.82 Å². The first-order valence-corrected chi connectivity index (χ1v) is 7.95. The Morgan fingerprint density at radius 1 is 1.29 bits per heavy atom. The van der Waals surface area contributed by atoms with E-state index in [9.17, 15) is 10.1 Å². The highest BCUT2D eigenvalue weighted by Crippen LogP contribution is 2.33. The number of hydrogen-bond acceptors (Lipinski definition) is 8. The summed E-state index contributed by atoms with van der Waals surface area (Å²) in [6, 6.07) is 7.29. The van der Waals surface area contributed by atoms with Crippen LogP contribution in [-0.4, -0.2) is 26.4 Å². The first-order chi connectivity index (χ1) is 11.7. The lowest BCUT2D eigenvalue weighted by Gasteiger charge is -2.08. The van der Waals surface area contributed by atoms with Crippen LogP contribution in [0.25, 0.3) is 0 Å². The zero-order chi connectivity index (χ0) is 16.8. The number of anilines is 1. The van der Waals surface area contributed by atoms with Crippen molar-refractivity contribution in [3.8, 4) is 11.6 Å². The van der Waals surface area contributed by atoms with Gasteiger partial charge >= 0.3 is 11.6 Å². The minimum Gasteiger partial charge on any atom is -0.432 e. The van der Waals surface area contributed by atoms with Crippen LogP contribution >= 0.6 is 11.3 Å². The maximum Gasteiger partial charge on any atom is 0.373 e. The van der Waals surface area contributed by atoms with Crippen molar-refractivity contribution in [2.24, 2.45) is 0 Å². The monoisotopic (exact) mass is 343 g/mol. The molecule has 0 aliphatic carbocycles. The standard InChI is InChI=1S/C15H13N5O3S/c21-20(22)13-14(17-7-5-12-4-2-8-24-12)18-10-19-15(13)23-11-3-1-6-16-9-11/h1-4,6,8-10H,5,7H2,(H,17,18,19). The predicted molar refractivity (Wildman–Crippen MR) is 89.5 cm³/mol. The summed E-state index contributed by atoms with van der Waals surface area (Å²) in [6.45, 7) is 0.519. The fourth-order valence-corrected chi connectivity index (χ4v) is 2.72. The summed E-state index contributed by atoms with van der Waals surface area (Å²) in [4.78, 5) is 23.8. The molecule has 24 heavy (non-hydrogen) atoms. The van der Waals surface area contributed by atoms with Crippen LogP contribution in [0.5, 0.6) is 11.6 Å². The first-order valence-electron chi connectivity index (χ1n) is 7.07. The minimum atomic E-state index is -0.556. The van der Waals surface area contributed by atoms with Gasteiger partial charge in [0.1, 0.15) is 12.1 Å². The highest BCUT2D eigenvalue weighted by Gasteiger charge is 2.24. The molecule has 0 saturated carbocycles. The van der Waals surface area contributed by atoms with Crippen LogP contribution in [0.15, 0.2) is 48.4 Å². The van der Waals surface area contributed by atoms with E-state index in [-0.39, 0.29) is 17.4 Å². The van der Waals surface area contributed by atoms with E-state index in [4.69, 9.17) is 4.74 Å². The summed E-state index contributed by atoms with van der Waals surface area (Å²) in [5, 5.41) is 16.4. The summed E-state index contributed by atoms with van der Waals surface area (Å²) < 4.78 is 5.47. The molecule has 3 heterocycles. The van der Waals surface area contributed by atoms with Gasteiger partial charge in [-0.05, 0) is 30.0 Å². The fraction of sp³-hybridized carbons (Fsp3) is 0.133. The zero-order valence-corrected chi connectivity index (χ0v) is 13.3. The Morgan fingerprint density at radius 3 is 2.92 bits per heavy atom. The number of nitrogens with one attached hydrogen (secondary N) is 1. The van der Waals surface area contributed by atoms with Crippen molar-refractivity contribution in [2.75, 3.05) is 11.9 Å². The van der Waals surface area contributed by atoms with Gasteiger partial charge < -0.3 is 10.1 Å². The first kappa shape index (κ1) is 15.8. The van der Waals surface area contributed by atoms with Gasteiger partial charge in [0.05, 0.1) is 11.1 Å². The van der Waals surface area contributed by atoms with Crippen molar-refractivity contribution in [2.45, 2.75) is 6.42 Å². The van der Waals surface area contributed by atoms with E-state index in [0.717, 1.165) is 6.42 Å². The van der Waals surface area contributed by atoms with Gasteiger partial charge in [-0.1, -0.05) is 6.07 Å². The quantitative estimate of drug-likeness (QED) is 0.518. The SMILES string of the molecule is O=[N+]([O-])c1c(NCCc2cccs2)ncnc1Oc1cccnc1. The van der Waals surface area contributed by atoms with E-state index >= 15 is 0 Å². The second-order valence-corrected chi connectivity index (χ2v) is 5.71. The third-order valence-corrected chi connectivity index (χ3v) is 4.00. The second-order valence-electron chi connectivity index (χ2n) is 4.68. The lowest BCUT2D eigenvalue weighted by Crippen LogP contribution is -2.09. The molecule has 0 bridgehead atoms. The number of ether oxygens (including phenoxy) is 1. The molecule has 0 unspecified atom stereocenters. The maximum absolute atomic E-state index is 11.4. The molecule has 0 atom stereocenters. The highest BCUT2D eigenvalue weighted by molar-refractivity contribution is 7.09. The van der Waals surface area contributed by atoms with Gasteiger partial charge in [0, 0.05) is 17.6 Å². The third-order valence-electron chi connectivity index (χ3n) is 3.06. The highest BCUT2D eigenvalue weighted by atomic mass is 32.1. The second kappa shape index (κ2) is 7.47. The molecule has 1 N–H and O–H groups in total. The van der Waals surface area contributed by atoms with Gasteiger partial charge in [-0.15, -0.1) is 11.3 Å². The molecule has 3 rings (SSSR count). The molecule has 122 valence electrons. The summed E-state index contributed by atoms with van der Waals surface area (Å²) >= 11 is 1.64. The average Bonchev–Trinajstić information content (AvgIpc) is 3.09. The van der Waals surface area contributed by atoms with Crippen molar-refractivity contribution in [3.63, 3.8) is 0 Å². The lowest BCUT2D eigenvalue weighted by molar-refractivity contribution is -0.385. The Morgan fingerprint density at radius 2 is 2.21 bits per heavy atom. The summed E-state index contributed by atoms with van der Waals surface area (Å²) in [6.07, 6.45) is 5.01. The van der Waals surface area contributed by atoms with Crippen molar-refractivity contribution in [3.05, 3.63) is 63.4 Å². The molecule has 0 amide bonds. The van der Waals surface area contributed by atoms with Crippen LogP contribution in [0.4, 0.5) is 11.5 Å².